The molecule has 4 nitrogen and oxygen atoms in total. The third kappa shape index (κ3) is 4.23. The standard InChI is InChI=1S/C7H14N4S/c8-6(9)11-7(10)12-4-3-5-1-2-5/h5H,1-4H2,(H5,8,9,10,11). The van der Waals surface area contributed by atoms with Gasteiger partial charge in [0, 0.05) is 5.75 Å². The van der Waals surface area contributed by atoms with Crippen LogP contribution in [0.1, 0.15) is 19.3 Å². The van der Waals surface area contributed by atoms with Crippen molar-refractivity contribution in [2.45, 2.75) is 19.3 Å². The average molecular weight is 186 g/mol. The highest BCUT2D eigenvalue weighted by Gasteiger charge is 2.20. The van der Waals surface area contributed by atoms with E-state index in [0.29, 0.717) is 0 Å². The van der Waals surface area contributed by atoms with Crippen molar-refractivity contribution in [2.24, 2.45) is 22.4 Å². The van der Waals surface area contributed by atoms with Crippen molar-refractivity contribution < 1.29 is 0 Å². The number of amidine groups is 1. The summed E-state index contributed by atoms with van der Waals surface area (Å²) >= 11 is 1.41. The molecule has 0 heterocycles. The van der Waals surface area contributed by atoms with Gasteiger partial charge in [0.1, 0.15) is 0 Å². The van der Waals surface area contributed by atoms with Gasteiger partial charge in [-0.1, -0.05) is 24.6 Å². The van der Waals surface area contributed by atoms with Crippen LogP contribution in [0.5, 0.6) is 0 Å². The summed E-state index contributed by atoms with van der Waals surface area (Å²) < 4.78 is 0. The monoisotopic (exact) mass is 186 g/mol. The van der Waals surface area contributed by atoms with Gasteiger partial charge in [-0.3, -0.25) is 5.41 Å². The molecule has 0 radical (unpaired) electrons. The van der Waals surface area contributed by atoms with Crippen molar-refractivity contribution in [2.75, 3.05) is 5.75 Å². The predicted octanol–water partition coefficient (Wildman–Crippen LogP) is 0.728. The van der Waals surface area contributed by atoms with Crippen LogP contribution in [-0.2, 0) is 0 Å². The fourth-order valence-electron chi connectivity index (χ4n) is 0.878. The predicted molar refractivity (Wildman–Crippen MR) is 53.3 cm³/mol. The van der Waals surface area contributed by atoms with E-state index in [-0.39, 0.29) is 11.1 Å². The van der Waals surface area contributed by atoms with E-state index in [2.05, 4.69) is 4.99 Å². The molecule has 0 atom stereocenters. The highest BCUT2D eigenvalue weighted by Crippen LogP contribution is 2.33. The molecule has 1 fully saturated rings. The minimum Gasteiger partial charge on any atom is -0.370 e. The van der Waals surface area contributed by atoms with E-state index in [1.807, 2.05) is 0 Å². The Morgan fingerprint density at radius 2 is 2.17 bits per heavy atom. The molecule has 0 spiro atoms. The number of thioether (sulfide) groups is 1. The molecule has 5 heteroatoms. The summed E-state index contributed by atoms with van der Waals surface area (Å²) in [6.07, 6.45) is 3.90. The lowest BCUT2D eigenvalue weighted by atomic mass is 10.3. The highest BCUT2D eigenvalue weighted by molar-refractivity contribution is 8.13. The normalized spacial score (nSPS) is 15.7. The summed E-state index contributed by atoms with van der Waals surface area (Å²) in [4.78, 5) is 3.61. The molecule has 68 valence electrons. The summed E-state index contributed by atoms with van der Waals surface area (Å²) in [5, 5.41) is 7.52. The first-order valence-electron chi connectivity index (χ1n) is 3.99. The van der Waals surface area contributed by atoms with Crippen molar-refractivity contribution in [1.29, 1.82) is 5.41 Å². The Morgan fingerprint density at radius 1 is 1.50 bits per heavy atom. The van der Waals surface area contributed by atoms with Crippen LogP contribution in [-0.4, -0.2) is 16.9 Å². The zero-order valence-electron chi connectivity index (χ0n) is 6.92. The third-order valence-corrected chi connectivity index (χ3v) is 2.50. The van der Waals surface area contributed by atoms with Gasteiger partial charge in [0.2, 0.25) is 0 Å². The Kier molecular flexibility index (Phi) is 3.40. The molecule has 0 aromatic carbocycles. The van der Waals surface area contributed by atoms with E-state index in [0.717, 1.165) is 11.7 Å². The van der Waals surface area contributed by atoms with E-state index in [1.165, 1.54) is 31.0 Å². The molecule has 0 aliphatic heterocycles. The number of nitrogens with one attached hydrogen (secondary N) is 1. The SMILES string of the molecule is N=C(N=C(N)N)SCCC1CC1. The van der Waals surface area contributed by atoms with Gasteiger partial charge in [-0.05, 0) is 12.3 Å². The summed E-state index contributed by atoms with van der Waals surface area (Å²) in [6, 6.07) is 0. The molecule has 0 saturated heterocycles. The fourth-order valence-corrected chi connectivity index (χ4v) is 1.69. The van der Waals surface area contributed by atoms with Gasteiger partial charge < -0.3 is 11.5 Å². The summed E-state index contributed by atoms with van der Waals surface area (Å²) in [5.41, 5.74) is 10.2. The quantitative estimate of drug-likeness (QED) is 0.448. The summed E-state index contributed by atoms with van der Waals surface area (Å²) in [5.74, 6) is 1.84. The highest BCUT2D eigenvalue weighted by atomic mass is 32.2. The Balaban J connectivity index is 2.04. The molecule has 0 aromatic heterocycles. The van der Waals surface area contributed by atoms with Crippen LogP contribution in [0.4, 0.5) is 0 Å². The summed E-state index contributed by atoms with van der Waals surface area (Å²) in [6.45, 7) is 0. The van der Waals surface area contributed by atoms with E-state index >= 15 is 0 Å². The van der Waals surface area contributed by atoms with E-state index in [1.54, 1.807) is 0 Å². The number of guanidine groups is 1. The number of nitrogens with two attached hydrogens (primary N) is 2. The molecule has 0 bridgehead atoms. The molecule has 0 aromatic rings. The molecule has 0 unspecified atom stereocenters. The van der Waals surface area contributed by atoms with Crippen LogP contribution in [0.15, 0.2) is 4.99 Å². The third-order valence-electron chi connectivity index (χ3n) is 1.69. The lowest BCUT2D eigenvalue weighted by Crippen LogP contribution is -2.23. The van der Waals surface area contributed by atoms with Crippen molar-refractivity contribution in [1.82, 2.24) is 0 Å². The maximum absolute atomic E-state index is 7.30. The zero-order valence-corrected chi connectivity index (χ0v) is 7.73. The first-order chi connectivity index (χ1) is 5.68. The fraction of sp³-hybridized carbons (Fsp3) is 0.714. The van der Waals surface area contributed by atoms with Crippen molar-refractivity contribution in [3.8, 4) is 0 Å². The van der Waals surface area contributed by atoms with Crippen molar-refractivity contribution >= 4 is 22.9 Å². The van der Waals surface area contributed by atoms with Gasteiger partial charge in [-0.15, -0.1) is 0 Å². The molecule has 1 aliphatic carbocycles. The number of hydrogen-bond acceptors (Lipinski definition) is 2. The van der Waals surface area contributed by atoms with Crippen LogP contribution in [0.3, 0.4) is 0 Å². The molecule has 0 amide bonds. The smallest absolute Gasteiger partial charge is 0.193 e. The number of aliphatic imine (C=N–C) groups is 1. The van der Waals surface area contributed by atoms with Crippen LogP contribution >= 0.6 is 11.8 Å². The van der Waals surface area contributed by atoms with Crippen LogP contribution < -0.4 is 11.5 Å². The average Bonchev–Trinajstić information content (AvgIpc) is 2.69. The topological polar surface area (TPSA) is 88.2 Å². The molecule has 1 rings (SSSR count). The van der Waals surface area contributed by atoms with E-state index in [4.69, 9.17) is 16.9 Å². The molecular weight excluding hydrogens is 172 g/mol. The van der Waals surface area contributed by atoms with Crippen LogP contribution in [0.2, 0.25) is 0 Å². The van der Waals surface area contributed by atoms with Gasteiger partial charge in [0.15, 0.2) is 11.1 Å². The second-order valence-electron chi connectivity index (χ2n) is 2.92. The van der Waals surface area contributed by atoms with Gasteiger partial charge in [-0.25, -0.2) is 0 Å². The minimum atomic E-state index is -0.0288. The van der Waals surface area contributed by atoms with Crippen LogP contribution in [0, 0.1) is 11.3 Å². The largest absolute Gasteiger partial charge is 0.370 e. The lowest BCUT2D eigenvalue weighted by molar-refractivity contribution is 0.810. The first-order valence-corrected chi connectivity index (χ1v) is 4.98. The molecular formula is C7H14N4S. The van der Waals surface area contributed by atoms with Gasteiger partial charge >= 0.3 is 0 Å². The van der Waals surface area contributed by atoms with Crippen molar-refractivity contribution in [3.63, 3.8) is 0 Å². The van der Waals surface area contributed by atoms with Gasteiger partial charge in [-0.2, -0.15) is 4.99 Å². The number of hydrogen-bond donors (Lipinski definition) is 3. The Labute approximate surface area is 76.3 Å². The molecule has 12 heavy (non-hydrogen) atoms. The molecule has 1 saturated carbocycles. The Bertz CT molecular complexity index is 194. The summed E-state index contributed by atoms with van der Waals surface area (Å²) in [7, 11) is 0. The first kappa shape index (κ1) is 9.38. The van der Waals surface area contributed by atoms with Gasteiger partial charge in [0.05, 0.1) is 0 Å². The second-order valence-corrected chi connectivity index (χ2v) is 4.01. The molecule has 5 N–H and O–H groups in total. The lowest BCUT2D eigenvalue weighted by Gasteiger charge is -1.97. The maximum atomic E-state index is 7.30. The minimum absolute atomic E-state index is 0.0288. The zero-order chi connectivity index (χ0) is 8.97. The van der Waals surface area contributed by atoms with Gasteiger partial charge in [0.25, 0.3) is 0 Å². The number of nitrogens with zero attached hydrogens (tertiary/aromatic N) is 1. The van der Waals surface area contributed by atoms with E-state index < -0.39 is 0 Å². The Morgan fingerprint density at radius 3 is 2.67 bits per heavy atom. The Hall–Kier alpha value is -0.710. The van der Waals surface area contributed by atoms with Crippen molar-refractivity contribution in [3.05, 3.63) is 0 Å². The van der Waals surface area contributed by atoms with E-state index in [9.17, 15) is 0 Å². The second kappa shape index (κ2) is 4.35. The maximum Gasteiger partial charge on any atom is 0.193 e. The number of rotatable bonds is 3. The van der Waals surface area contributed by atoms with Crippen LogP contribution in [0.25, 0.3) is 0 Å². The molecule has 1 aliphatic rings.